The van der Waals surface area contributed by atoms with E-state index in [0.717, 1.165) is 52.0 Å². The average Bonchev–Trinajstić information content (AvgIpc) is 3.39. The molecule has 1 saturated heterocycles. The number of hydrogen-bond donors (Lipinski definition) is 2. The second-order valence-corrected chi connectivity index (χ2v) is 9.42. The summed E-state index contributed by atoms with van der Waals surface area (Å²) in [7, 11) is 4.87. The van der Waals surface area contributed by atoms with E-state index in [1.807, 2.05) is 14.1 Å². The van der Waals surface area contributed by atoms with Crippen LogP contribution in [0.1, 0.15) is 42.9 Å². The third-order valence-electron chi connectivity index (χ3n) is 6.37. The van der Waals surface area contributed by atoms with E-state index in [2.05, 4.69) is 77.9 Å². The second kappa shape index (κ2) is 12.8. The Kier molecular flexibility index (Phi) is 9.87. The van der Waals surface area contributed by atoms with Crippen LogP contribution in [0.15, 0.2) is 42.5 Å². The molecule has 0 amide bonds. The predicted octanol–water partition coefficient (Wildman–Crippen LogP) is 6.02. The fourth-order valence-corrected chi connectivity index (χ4v) is 4.47. The van der Waals surface area contributed by atoms with Gasteiger partial charge in [0.25, 0.3) is 0 Å². The molecule has 33 heavy (non-hydrogen) atoms. The lowest BCUT2D eigenvalue weighted by molar-refractivity contribution is 0.725. The number of aryl methyl sites for hydroxylation is 3. The maximum atomic E-state index is 5.10. The van der Waals surface area contributed by atoms with Crippen LogP contribution in [0.25, 0.3) is 22.2 Å². The van der Waals surface area contributed by atoms with Crippen LogP contribution in [0.5, 0.6) is 0 Å². The molecule has 1 aliphatic heterocycles. The number of aromatic nitrogens is 1. The van der Waals surface area contributed by atoms with Crippen LogP contribution in [0.4, 0.5) is 5.69 Å². The SMILES string of the molecule is C=PNC.CCc1cc2nc(-c3ccc(CCCNC)cc3)cc(N3CCCC3)c2cc1C. The summed E-state index contributed by atoms with van der Waals surface area (Å²) in [4.78, 5) is 7.64. The van der Waals surface area contributed by atoms with Crippen LogP contribution in [0.2, 0.25) is 0 Å². The lowest BCUT2D eigenvalue weighted by Crippen LogP contribution is -2.18. The summed E-state index contributed by atoms with van der Waals surface area (Å²) in [5.41, 5.74) is 8.95. The largest absolute Gasteiger partial charge is 0.371 e. The van der Waals surface area contributed by atoms with Crippen LogP contribution in [-0.2, 0) is 12.8 Å². The Labute approximate surface area is 201 Å². The van der Waals surface area contributed by atoms with Crippen molar-refractivity contribution >= 4 is 31.2 Å². The first-order valence-electron chi connectivity index (χ1n) is 12.2. The van der Waals surface area contributed by atoms with Crippen molar-refractivity contribution in [3.8, 4) is 11.3 Å². The molecule has 0 bridgehead atoms. The van der Waals surface area contributed by atoms with Gasteiger partial charge in [0.1, 0.15) is 0 Å². The van der Waals surface area contributed by atoms with Gasteiger partial charge in [-0.2, -0.15) is 0 Å². The van der Waals surface area contributed by atoms with Crippen LogP contribution >= 0.6 is 8.35 Å². The zero-order valence-corrected chi connectivity index (χ0v) is 21.6. The molecule has 3 aromatic rings. The standard InChI is InChI=1S/C26H33N3.C2H6NP/c1-4-21-17-25-23(16-19(21)2)26(29-14-5-6-15-29)18-24(28-25)22-11-9-20(10-12-22)8-7-13-27-3;1-3-4-2/h9-12,16-18,27H,4-8,13-15H2,1-3H3;3H,2H2,1H3. The minimum absolute atomic E-state index is 0.998. The van der Waals surface area contributed by atoms with Crippen molar-refractivity contribution in [3.63, 3.8) is 0 Å². The maximum Gasteiger partial charge on any atom is 0.0733 e. The molecule has 0 saturated carbocycles. The molecular weight excluding hydrogens is 423 g/mol. The molecule has 176 valence electrons. The third kappa shape index (κ3) is 6.63. The van der Waals surface area contributed by atoms with Crippen molar-refractivity contribution in [1.82, 2.24) is 15.4 Å². The highest BCUT2D eigenvalue weighted by atomic mass is 31.1. The van der Waals surface area contributed by atoms with Gasteiger partial charge in [0.2, 0.25) is 0 Å². The summed E-state index contributed by atoms with van der Waals surface area (Å²) < 4.78 is 0. The normalized spacial score (nSPS) is 13.4. The Hall–Kier alpha value is -2.26. The summed E-state index contributed by atoms with van der Waals surface area (Å²) in [6.45, 7) is 7.82. The second-order valence-electron chi connectivity index (χ2n) is 8.66. The van der Waals surface area contributed by atoms with Crippen molar-refractivity contribution in [2.45, 2.75) is 46.0 Å². The number of hydrogen-bond acceptors (Lipinski definition) is 4. The number of rotatable bonds is 8. The molecule has 0 atom stereocenters. The number of nitrogens with zero attached hydrogens (tertiary/aromatic N) is 2. The number of fused-ring (bicyclic) bond motifs is 1. The van der Waals surface area contributed by atoms with Gasteiger partial charge in [0.15, 0.2) is 0 Å². The predicted molar refractivity (Wildman–Crippen MR) is 148 cm³/mol. The van der Waals surface area contributed by atoms with Gasteiger partial charge in [-0.3, -0.25) is 5.09 Å². The molecule has 4 nitrogen and oxygen atoms in total. The molecular formula is C28H39N4P. The number of benzene rings is 2. The Morgan fingerprint density at radius 3 is 2.36 bits per heavy atom. The van der Waals surface area contributed by atoms with E-state index in [1.54, 1.807) is 0 Å². The molecule has 1 fully saturated rings. The van der Waals surface area contributed by atoms with Crippen molar-refractivity contribution < 1.29 is 0 Å². The molecule has 0 aliphatic carbocycles. The molecule has 2 N–H and O–H groups in total. The number of nitrogens with one attached hydrogen (secondary N) is 2. The third-order valence-corrected chi connectivity index (χ3v) is 6.69. The van der Waals surface area contributed by atoms with Crippen LogP contribution < -0.4 is 15.3 Å². The zero-order valence-electron chi connectivity index (χ0n) is 20.7. The number of anilines is 1. The Morgan fingerprint density at radius 2 is 1.76 bits per heavy atom. The van der Waals surface area contributed by atoms with Crippen molar-refractivity contribution in [2.75, 3.05) is 38.6 Å². The van der Waals surface area contributed by atoms with Gasteiger partial charge < -0.3 is 10.2 Å². The molecule has 2 heterocycles. The van der Waals surface area contributed by atoms with Crippen LogP contribution in [-0.4, -0.2) is 45.0 Å². The van der Waals surface area contributed by atoms with Gasteiger partial charge in [0.05, 0.1) is 11.2 Å². The van der Waals surface area contributed by atoms with E-state index in [4.69, 9.17) is 4.98 Å². The molecule has 5 heteroatoms. The highest BCUT2D eigenvalue weighted by molar-refractivity contribution is 7.34. The summed E-state index contributed by atoms with van der Waals surface area (Å²) in [6, 6.07) is 16.0. The van der Waals surface area contributed by atoms with E-state index in [9.17, 15) is 0 Å². The average molecular weight is 463 g/mol. The van der Waals surface area contributed by atoms with Gasteiger partial charge in [-0.05, 0) is 103 Å². The Balaban J connectivity index is 0.000000709. The van der Waals surface area contributed by atoms with Crippen LogP contribution in [0.3, 0.4) is 0 Å². The van der Waals surface area contributed by atoms with Gasteiger partial charge in [-0.15, -0.1) is 0 Å². The first-order valence-corrected chi connectivity index (χ1v) is 13.2. The van der Waals surface area contributed by atoms with Gasteiger partial charge in [0, 0.05) is 29.7 Å². The summed E-state index contributed by atoms with van der Waals surface area (Å²) in [6.07, 6.45) is 9.37. The maximum absolute atomic E-state index is 5.10. The van der Waals surface area contributed by atoms with Crippen molar-refractivity contribution in [2.24, 2.45) is 0 Å². The van der Waals surface area contributed by atoms with E-state index in [0.29, 0.717) is 0 Å². The quantitative estimate of drug-likeness (QED) is 0.317. The van der Waals surface area contributed by atoms with Crippen LogP contribution in [0, 0.1) is 6.92 Å². The van der Waals surface area contributed by atoms with Gasteiger partial charge >= 0.3 is 0 Å². The van der Waals surface area contributed by atoms with E-state index in [1.165, 1.54) is 52.6 Å². The topological polar surface area (TPSA) is 40.2 Å². The molecule has 1 aromatic heterocycles. The van der Waals surface area contributed by atoms with E-state index >= 15 is 0 Å². The Morgan fingerprint density at radius 1 is 1.06 bits per heavy atom. The molecule has 0 radical (unpaired) electrons. The molecule has 4 rings (SSSR count). The lowest BCUT2D eigenvalue weighted by Gasteiger charge is -2.22. The number of pyridine rings is 1. The monoisotopic (exact) mass is 462 g/mol. The summed E-state index contributed by atoms with van der Waals surface area (Å²) in [5.74, 6) is 0. The summed E-state index contributed by atoms with van der Waals surface area (Å²) >= 11 is 0. The van der Waals surface area contributed by atoms with Crippen molar-refractivity contribution in [3.05, 3.63) is 59.2 Å². The smallest absolute Gasteiger partial charge is 0.0733 e. The first kappa shape index (κ1) is 25.4. The minimum Gasteiger partial charge on any atom is -0.371 e. The van der Waals surface area contributed by atoms with Gasteiger partial charge in [-0.25, -0.2) is 4.98 Å². The highest BCUT2D eigenvalue weighted by Gasteiger charge is 2.18. The van der Waals surface area contributed by atoms with E-state index < -0.39 is 0 Å². The van der Waals surface area contributed by atoms with E-state index in [-0.39, 0.29) is 0 Å². The fourth-order valence-electron chi connectivity index (χ4n) is 4.47. The van der Waals surface area contributed by atoms with Crippen molar-refractivity contribution in [1.29, 1.82) is 0 Å². The molecule has 0 spiro atoms. The molecule has 2 aromatic carbocycles. The first-order chi connectivity index (χ1) is 16.1. The summed E-state index contributed by atoms with van der Waals surface area (Å²) in [5, 5.41) is 7.32. The molecule has 0 unspecified atom stereocenters. The minimum atomic E-state index is 0.998. The zero-order chi connectivity index (χ0) is 23.6. The molecule has 1 aliphatic rings. The fraction of sp³-hybridized carbons (Fsp3) is 0.429. The lowest BCUT2D eigenvalue weighted by atomic mass is 9.99. The van der Waals surface area contributed by atoms with Gasteiger partial charge in [-0.1, -0.05) is 37.5 Å². The Bertz CT molecular complexity index is 1040. The highest BCUT2D eigenvalue weighted by Crippen LogP contribution is 2.34.